The van der Waals surface area contributed by atoms with Crippen molar-refractivity contribution in [1.82, 2.24) is 0 Å². The Labute approximate surface area is 211 Å². The van der Waals surface area contributed by atoms with E-state index in [-0.39, 0.29) is 6.61 Å². The molecule has 0 amide bonds. The van der Waals surface area contributed by atoms with Crippen molar-refractivity contribution in [2.45, 2.75) is 52.0 Å². The maximum atomic E-state index is 11.2. The van der Waals surface area contributed by atoms with E-state index in [9.17, 15) is 9.90 Å². The molecule has 0 aromatic heterocycles. The van der Waals surface area contributed by atoms with E-state index in [1.807, 2.05) is 50.2 Å². The number of carbonyl (C=O) groups is 1. The summed E-state index contributed by atoms with van der Waals surface area (Å²) in [4.78, 5) is 15.4. The Hall–Kier alpha value is -3.75. The molecule has 0 atom stereocenters. The van der Waals surface area contributed by atoms with E-state index < -0.39 is 17.2 Å². The number of carboxylic acid groups (broad SMARTS) is 1. The predicted octanol–water partition coefficient (Wildman–Crippen LogP) is 5.80. The van der Waals surface area contributed by atoms with E-state index in [0.717, 1.165) is 22.5 Å². The second kappa shape index (κ2) is 11.8. The smallest absolute Gasteiger partial charge is 0.347 e. The van der Waals surface area contributed by atoms with Crippen molar-refractivity contribution in [3.05, 3.63) is 83.9 Å². The highest BCUT2D eigenvalue weighted by atomic mass is 17.1. The van der Waals surface area contributed by atoms with Crippen LogP contribution in [0.25, 0.3) is 0 Å². The van der Waals surface area contributed by atoms with Gasteiger partial charge in [0.05, 0.1) is 0 Å². The Morgan fingerprint density at radius 2 is 1.14 bits per heavy atom. The lowest BCUT2D eigenvalue weighted by Crippen LogP contribution is -2.37. The first kappa shape index (κ1) is 26.8. The van der Waals surface area contributed by atoms with E-state index in [1.54, 1.807) is 12.1 Å². The molecule has 0 bridgehead atoms. The average Bonchev–Trinajstić information content (AvgIpc) is 2.83. The summed E-state index contributed by atoms with van der Waals surface area (Å²) >= 11 is 0. The standard InChI is InChI=1S/C28H34N2O6/c1-27(2,19-34-33)35-24-13-9-22(10-14-24)29-17-20-5-7-21(8-6-20)18-30-23-11-15-25(16-12-23)36-28(3,4)26(31)32/h5-16,29-30,33H,17-19H2,1-4H3,(H,31,32). The van der Waals surface area contributed by atoms with Crippen LogP contribution in [0.5, 0.6) is 11.5 Å². The van der Waals surface area contributed by atoms with Crippen LogP contribution in [-0.4, -0.2) is 34.1 Å². The lowest BCUT2D eigenvalue weighted by atomic mass is 10.1. The molecule has 8 heteroatoms. The van der Waals surface area contributed by atoms with E-state index in [1.165, 1.54) is 13.8 Å². The number of benzene rings is 3. The number of ether oxygens (including phenoxy) is 2. The van der Waals surface area contributed by atoms with Gasteiger partial charge in [0.25, 0.3) is 0 Å². The molecule has 192 valence electrons. The average molecular weight is 495 g/mol. The van der Waals surface area contributed by atoms with Gasteiger partial charge in [-0.25, -0.2) is 9.68 Å². The Bertz CT molecular complexity index is 1110. The fourth-order valence-electron chi connectivity index (χ4n) is 3.31. The SMILES string of the molecule is CC(C)(COO)Oc1ccc(NCc2ccc(CNc3ccc(OC(C)(C)C(=O)O)cc3)cc2)cc1. The normalized spacial score (nSPS) is 11.6. The van der Waals surface area contributed by atoms with Crippen molar-refractivity contribution in [2.24, 2.45) is 0 Å². The van der Waals surface area contributed by atoms with Crippen LogP contribution >= 0.6 is 0 Å². The molecule has 0 aliphatic carbocycles. The quantitative estimate of drug-likeness (QED) is 0.174. The highest BCUT2D eigenvalue weighted by Gasteiger charge is 2.29. The molecule has 0 radical (unpaired) electrons. The summed E-state index contributed by atoms with van der Waals surface area (Å²) in [5, 5.41) is 24.6. The summed E-state index contributed by atoms with van der Waals surface area (Å²) < 4.78 is 11.3. The Balaban J connectivity index is 1.45. The number of carboxylic acids is 1. The highest BCUT2D eigenvalue weighted by Crippen LogP contribution is 2.23. The molecule has 3 aromatic carbocycles. The molecule has 36 heavy (non-hydrogen) atoms. The van der Waals surface area contributed by atoms with Gasteiger partial charge in [-0.05, 0) is 87.4 Å². The van der Waals surface area contributed by atoms with E-state index in [0.29, 0.717) is 24.6 Å². The monoisotopic (exact) mass is 494 g/mol. The third-order valence-corrected chi connectivity index (χ3v) is 5.42. The molecule has 0 saturated heterocycles. The zero-order valence-electron chi connectivity index (χ0n) is 21.1. The van der Waals surface area contributed by atoms with Crippen LogP contribution in [-0.2, 0) is 22.8 Å². The number of aliphatic carboxylic acids is 1. The number of hydrogen-bond donors (Lipinski definition) is 4. The summed E-state index contributed by atoms with van der Waals surface area (Å²) in [6.45, 7) is 8.14. The molecule has 0 aliphatic rings. The Kier molecular flexibility index (Phi) is 8.79. The fraction of sp³-hybridized carbons (Fsp3) is 0.321. The molecular weight excluding hydrogens is 460 g/mol. The van der Waals surface area contributed by atoms with Crippen LogP contribution in [0.4, 0.5) is 11.4 Å². The molecule has 0 fully saturated rings. The largest absolute Gasteiger partial charge is 0.485 e. The van der Waals surface area contributed by atoms with Crippen LogP contribution < -0.4 is 20.1 Å². The summed E-state index contributed by atoms with van der Waals surface area (Å²) in [6.07, 6.45) is 0. The van der Waals surface area contributed by atoms with Crippen molar-refractivity contribution < 1.29 is 29.5 Å². The second-order valence-corrected chi connectivity index (χ2v) is 9.63. The van der Waals surface area contributed by atoms with E-state index in [2.05, 4.69) is 39.8 Å². The minimum atomic E-state index is -1.28. The number of nitrogens with one attached hydrogen (secondary N) is 2. The minimum absolute atomic E-state index is 0.0762. The van der Waals surface area contributed by atoms with Gasteiger partial charge in [0.2, 0.25) is 0 Å². The van der Waals surface area contributed by atoms with Gasteiger partial charge in [0.15, 0.2) is 5.60 Å². The first-order chi connectivity index (χ1) is 17.1. The zero-order chi connectivity index (χ0) is 26.2. The third kappa shape index (κ3) is 8.18. The summed E-state index contributed by atoms with van der Waals surface area (Å²) in [7, 11) is 0. The second-order valence-electron chi connectivity index (χ2n) is 9.63. The van der Waals surface area contributed by atoms with Gasteiger partial charge in [-0.15, -0.1) is 0 Å². The van der Waals surface area contributed by atoms with Crippen molar-refractivity contribution in [3.63, 3.8) is 0 Å². The number of hydrogen-bond acceptors (Lipinski definition) is 7. The molecule has 3 rings (SSSR count). The number of rotatable bonds is 13. The summed E-state index contributed by atoms with van der Waals surface area (Å²) in [5.74, 6) is 0.194. The van der Waals surface area contributed by atoms with Crippen molar-refractivity contribution in [2.75, 3.05) is 17.2 Å². The van der Waals surface area contributed by atoms with Crippen LogP contribution in [0.15, 0.2) is 72.8 Å². The topological polar surface area (TPSA) is 109 Å². The summed E-state index contributed by atoms with van der Waals surface area (Å²) in [6, 6.07) is 23.2. The lowest BCUT2D eigenvalue weighted by molar-refractivity contribution is -0.264. The fourth-order valence-corrected chi connectivity index (χ4v) is 3.31. The van der Waals surface area contributed by atoms with Gasteiger partial charge < -0.3 is 25.2 Å². The molecule has 4 N–H and O–H groups in total. The van der Waals surface area contributed by atoms with Gasteiger partial charge >= 0.3 is 5.97 Å². The molecule has 0 spiro atoms. The van der Waals surface area contributed by atoms with Crippen LogP contribution in [0.2, 0.25) is 0 Å². The van der Waals surface area contributed by atoms with Crippen LogP contribution in [0.3, 0.4) is 0 Å². The van der Waals surface area contributed by atoms with Crippen molar-refractivity contribution >= 4 is 17.3 Å². The molecule has 0 unspecified atom stereocenters. The Morgan fingerprint density at radius 3 is 1.53 bits per heavy atom. The van der Waals surface area contributed by atoms with Gasteiger partial charge in [-0.3, -0.25) is 5.26 Å². The molecule has 3 aromatic rings. The maximum Gasteiger partial charge on any atom is 0.347 e. The maximum absolute atomic E-state index is 11.2. The van der Waals surface area contributed by atoms with Gasteiger partial charge in [0, 0.05) is 24.5 Å². The van der Waals surface area contributed by atoms with Crippen LogP contribution in [0, 0.1) is 0 Å². The first-order valence-electron chi connectivity index (χ1n) is 11.7. The van der Waals surface area contributed by atoms with Gasteiger partial charge in [-0.2, -0.15) is 0 Å². The molecule has 0 heterocycles. The van der Waals surface area contributed by atoms with Gasteiger partial charge in [0.1, 0.15) is 23.7 Å². The highest BCUT2D eigenvalue weighted by molar-refractivity contribution is 5.76. The van der Waals surface area contributed by atoms with Crippen molar-refractivity contribution in [3.8, 4) is 11.5 Å². The first-order valence-corrected chi connectivity index (χ1v) is 11.7. The minimum Gasteiger partial charge on any atom is -0.485 e. The summed E-state index contributed by atoms with van der Waals surface area (Å²) in [5.41, 5.74) is 2.28. The zero-order valence-corrected chi connectivity index (χ0v) is 21.1. The lowest BCUT2D eigenvalue weighted by Gasteiger charge is -2.24. The van der Waals surface area contributed by atoms with E-state index in [4.69, 9.17) is 14.7 Å². The molecular formula is C28H34N2O6. The van der Waals surface area contributed by atoms with Gasteiger partial charge in [-0.1, -0.05) is 24.3 Å². The molecule has 0 aliphatic heterocycles. The Morgan fingerprint density at radius 1 is 0.722 bits per heavy atom. The number of anilines is 2. The molecule has 0 saturated carbocycles. The van der Waals surface area contributed by atoms with Crippen molar-refractivity contribution in [1.29, 1.82) is 0 Å². The van der Waals surface area contributed by atoms with E-state index >= 15 is 0 Å². The molecule has 8 nitrogen and oxygen atoms in total. The third-order valence-electron chi connectivity index (χ3n) is 5.42. The predicted molar refractivity (Wildman–Crippen MR) is 140 cm³/mol. The van der Waals surface area contributed by atoms with Crippen LogP contribution in [0.1, 0.15) is 38.8 Å².